The van der Waals surface area contributed by atoms with Gasteiger partial charge in [-0.1, -0.05) is 0 Å². The Kier molecular flexibility index (Phi) is 3.37. The molecule has 0 radical (unpaired) electrons. The molecule has 5 heteroatoms. The van der Waals surface area contributed by atoms with E-state index in [2.05, 4.69) is 33.5 Å². The molecule has 0 spiro atoms. The van der Waals surface area contributed by atoms with Gasteiger partial charge in [-0.2, -0.15) is 0 Å². The highest BCUT2D eigenvalue weighted by Gasteiger charge is 2.30. The topological polar surface area (TPSA) is 41.1 Å². The zero-order valence-corrected chi connectivity index (χ0v) is 11.8. The molecule has 0 aliphatic carbocycles. The Bertz CT molecular complexity index is 391. The maximum atomic E-state index is 12.0. The van der Waals surface area contributed by atoms with Crippen LogP contribution in [0, 0.1) is 6.92 Å². The number of carbonyl (C=O) groups is 1. The molecule has 88 valence electrons. The van der Waals surface area contributed by atoms with Gasteiger partial charge in [0, 0.05) is 6.54 Å². The van der Waals surface area contributed by atoms with Gasteiger partial charge in [-0.05, 0) is 54.4 Å². The first-order valence-corrected chi connectivity index (χ1v) is 6.90. The van der Waals surface area contributed by atoms with Gasteiger partial charge in [0.1, 0.15) is 0 Å². The summed E-state index contributed by atoms with van der Waals surface area (Å²) >= 11 is 4.93. The maximum absolute atomic E-state index is 12.0. The molecule has 1 amide bonds. The van der Waals surface area contributed by atoms with E-state index in [1.807, 2.05) is 13.0 Å². The summed E-state index contributed by atoms with van der Waals surface area (Å²) in [6.07, 6.45) is 0.990. The number of hydrogen-bond acceptors (Lipinski definition) is 3. The average Bonchev–Trinajstić information content (AvgIpc) is 2.75. The Morgan fingerprint density at radius 3 is 2.94 bits per heavy atom. The molecular formula is C11H15BrN2OS. The molecule has 1 fully saturated rings. The Hall–Kier alpha value is -0.390. The minimum Gasteiger partial charge on any atom is -0.345 e. The molecule has 0 saturated carbocycles. The SMILES string of the molecule is Cc1cc(C(=O)NC2(C)CCNC2)sc1Br. The van der Waals surface area contributed by atoms with E-state index in [1.165, 1.54) is 11.3 Å². The van der Waals surface area contributed by atoms with Crippen molar-refractivity contribution < 1.29 is 4.79 Å². The molecule has 0 bridgehead atoms. The fourth-order valence-corrected chi connectivity index (χ4v) is 3.26. The largest absolute Gasteiger partial charge is 0.345 e. The number of halogens is 1. The minimum absolute atomic E-state index is 0.0324. The van der Waals surface area contributed by atoms with E-state index in [-0.39, 0.29) is 11.4 Å². The van der Waals surface area contributed by atoms with Gasteiger partial charge in [0.2, 0.25) is 0 Å². The van der Waals surface area contributed by atoms with Crippen molar-refractivity contribution in [3.8, 4) is 0 Å². The number of nitrogens with one attached hydrogen (secondary N) is 2. The third kappa shape index (κ3) is 2.47. The van der Waals surface area contributed by atoms with Crippen molar-refractivity contribution in [3.05, 3.63) is 20.3 Å². The smallest absolute Gasteiger partial charge is 0.261 e. The molecule has 2 N–H and O–H groups in total. The zero-order chi connectivity index (χ0) is 11.8. The zero-order valence-electron chi connectivity index (χ0n) is 9.39. The third-order valence-corrected chi connectivity index (χ3v) is 5.00. The lowest BCUT2D eigenvalue weighted by molar-refractivity contribution is 0.0917. The quantitative estimate of drug-likeness (QED) is 0.880. The predicted octanol–water partition coefficient (Wildman–Crippen LogP) is 2.30. The van der Waals surface area contributed by atoms with Crippen molar-refractivity contribution in [2.24, 2.45) is 0 Å². The Balaban J connectivity index is 2.08. The number of amides is 1. The van der Waals surface area contributed by atoms with E-state index in [0.717, 1.165) is 33.7 Å². The van der Waals surface area contributed by atoms with Gasteiger partial charge >= 0.3 is 0 Å². The lowest BCUT2D eigenvalue weighted by Crippen LogP contribution is -2.47. The average molecular weight is 303 g/mol. The molecule has 16 heavy (non-hydrogen) atoms. The second kappa shape index (κ2) is 4.47. The number of rotatable bonds is 2. The molecule has 1 atom stereocenters. The normalized spacial score (nSPS) is 24.7. The van der Waals surface area contributed by atoms with Crippen LogP contribution in [0.2, 0.25) is 0 Å². The molecular weight excluding hydrogens is 288 g/mol. The van der Waals surface area contributed by atoms with Crippen LogP contribution in [0.3, 0.4) is 0 Å². The van der Waals surface area contributed by atoms with Crippen molar-refractivity contribution in [2.75, 3.05) is 13.1 Å². The predicted molar refractivity (Wildman–Crippen MR) is 70.1 cm³/mol. The number of carbonyl (C=O) groups excluding carboxylic acids is 1. The first-order valence-electron chi connectivity index (χ1n) is 5.29. The molecule has 2 rings (SSSR count). The van der Waals surface area contributed by atoms with Gasteiger partial charge in [0.15, 0.2) is 0 Å². The second-order valence-electron chi connectivity index (χ2n) is 4.51. The summed E-state index contributed by atoms with van der Waals surface area (Å²) in [5.41, 5.74) is 1.02. The van der Waals surface area contributed by atoms with E-state index in [4.69, 9.17) is 0 Å². The molecule has 1 aliphatic rings. The van der Waals surface area contributed by atoms with E-state index < -0.39 is 0 Å². The number of hydrogen-bond donors (Lipinski definition) is 2. The first-order chi connectivity index (χ1) is 7.50. The fourth-order valence-electron chi connectivity index (χ4n) is 1.83. The van der Waals surface area contributed by atoms with Gasteiger partial charge in [-0.15, -0.1) is 11.3 Å². The van der Waals surface area contributed by atoms with Gasteiger partial charge in [-0.25, -0.2) is 0 Å². The third-order valence-electron chi connectivity index (χ3n) is 2.87. The van der Waals surface area contributed by atoms with Crippen LogP contribution in [0.15, 0.2) is 9.85 Å². The van der Waals surface area contributed by atoms with Crippen LogP contribution < -0.4 is 10.6 Å². The summed E-state index contributed by atoms with van der Waals surface area (Å²) in [7, 11) is 0. The van der Waals surface area contributed by atoms with Crippen LogP contribution in [0.25, 0.3) is 0 Å². The fraction of sp³-hybridized carbons (Fsp3) is 0.545. The van der Waals surface area contributed by atoms with Crippen molar-refractivity contribution in [1.29, 1.82) is 0 Å². The van der Waals surface area contributed by atoms with Gasteiger partial charge in [0.05, 0.1) is 14.2 Å². The van der Waals surface area contributed by atoms with Crippen molar-refractivity contribution in [1.82, 2.24) is 10.6 Å². The summed E-state index contributed by atoms with van der Waals surface area (Å²) in [5, 5.41) is 6.37. The van der Waals surface area contributed by atoms with E-state index in [0.29, 0.717) is 0 Å². The van der Waals surface area contributed by atoms with Gasteiger partial charge < -0.3 is 10.6 Å². The van der Waals surface area contributed by atoms with Crippen LogP contribution >= 0.6 is 27.3 Å². The Morgan fingerprint density at radius 2 is 2.44 bits per heavy atom. The monoisotopic (exact) mass is 302 g/mol. The van der Waals surface area contributed by atoms with Crippen LogP contribution in [0.5, 0.6) is 0 Å². The first kappa shape index (κ1) is 12.1. The lowest BCUT2D eigenvalue weighted by Gasteiger charge is -2.23. The van der Waals surface area contributed by atoms with Gasteiger partial charge in [-0.3, -0.25) is 4.79 Å². The highest BCUT2D eigenvalue weighted by molar-refractivity contribution is 9.11. The van der Waals surface area contributed by atoms with Crippen molar-refractivity contribution >= 4 is 33.2 Å². The van der Waals surface area contributed by atoms with Gasteiger partial charge in [0.25, 0.3) is 5.91 Å². The Morgan fingerprint density at radius 1 is 1.69 bits per heavy atom. The van der Waals surface area contributed by atoms with Crippen molar-refractivity contribution in [2.45, 2.75) is 25.8 Å². The molecule has 1 saturated heterocycles. The standard InChI is InChI=1S/C11H15BrN2OS/c1-7-5-8(16-9(7)12)10(15)14-11(2)3-4-13-6-11/h5,13H,3-4,6H2,1-2H3,(H,14,15). The number of thiophene rings is 1. The summed E-state index contributed by atoms with van der Waals surface area (Å²) in [6, 6.07) is 1.93. The van der Waals surface area contributed by atoms with Crippen LogP contribution in [0.1, 0.15) is 28.6 Å². The molecule has 1 aromatic heterocycles. The molecule has 1 unspecified atom stereocenters. The van der Waals surface area contributed by atoms with Crippen molar-refractivity contribution in [3.63, 3.8) is 0 Å². The van der Waals surface area contributed by atoms with E-state index in [9.17, 15) is 4.79 Å². The Labute approximate surface area is 108 Å². The lowest BCUT2D eigenvalue weighted by atomic mass is 10.0. The van der Waals surface area contributed by atoms with E-state index in [1.54, 1.807) is 0 Å². The summed E-state index contributed by atoms with van der Waals surface area (Å²) in [4.78, 5) is 12.8. The second-order valence-corrected chi connectivity index (χ2v) is 6.88. The number of aryl methyl sites for hydroxylation is 1. The minimum atomic E-state index is -0.0958. The highest BCUT2D eigenvalue weighted by Crippen LogP contribution is 2.27. The molecule has 3 nitrogen and oxygen atoms in total. The molecule has 2 heterocycles. The maximum Gasteiger partial charge on any atom is 0.261 e. The highest BCUT2D eigenvalue weighted by atomic mass is 79.9. The summed E-state index contributed by atoms with van der Waals surface area (Å²) < 4.78 is 1.03. The molecule has 0 aromatic carbocycles. The molecule has 1 aromatic rings. The summed E-state index contributed by atoms with van der Waals surface area (Å²) in [6.45, 7) is 5.91. The van der Waals surface area contributed by atoms with Crippen LogP contribution in [-0.2, 0) is 0 Å². The van der Waals surface area contributed by atoms with Crippen LogP contribution in [-0.4, -0.2) is 24.5 Å². The van der Waals surface area contributed by atoms with Crippen LogP contribution in [0.4, 0.5) is 0 Å². The molecule has 1 aliphatic heterocycles. The summed E-state index contributed by atoms with van der Waals surface area (Å²) in [5.74, 6) is 0.0324. The van der Waals surface area contributed by atoms with E-state index >= 15 is 0 Å².